The molecule has 0 spiro atoms. The largest absolute Gasteiger partial charge is 0.507 e. The van der Waals surface area contributed by atoms with E-state index in [2.05, 4.69) is 4.74 Å². The Morgan fingerprint density at radius 2 is 1.83 bits per heavy atom. The van der Waals surface area contributed by atoms with Crippen LogP contribution in [0.1, 0.15) is 10.4 Å². The van der Waals surface area contributed by atoms with Crippen molar-refractivity contribution in [2.24, 2.45) is 0 Å². The smallest absolute Gasteiger partial charge is 0.342 e. The second kappa shape index (κ2) is 7.22. The predicted octanol–water partition coefficient (Wildman–Crippen LogP) is 3.26. The topological polar surface area (TPSA) is 75.6 Å². The summed E-state index contributed by atoms with van der Waals surface area (Å²) < 4.78 is 43.8. The number of halogens is 4. The molecule has 2 aromatic carbocycles. The summed E-state index contributed by atoms with van der Waals surface area (Å²) in [4.78, 5) is 23.3. The first kappa shape index (κ1) is 17.6. The summed E-state index contributed by atoms with van der Waals surface area (Å²) in [5.74, 6) is -7.17. The third-order valence-corrected chi connectivity index (χ3v) is 3.06. The van der Waals surface area contributed by atoms with E-state index in [9.17, 15) is 27.9 Å². The fourth-order valence-electron chi connectivity index (χ4n) is 1.69. The maximum atomic E-state index is 13.4. The van der Waals surface area contributed by atoms with E-state index in [0.29, 0.717) is 6.07 Å². The van der Waals surface area contributed by atoms with Gasteiger partial charge in [0.1, 0.15) is 11.3 Å². The Bertz CT molecular complexity index is 814. The molecule has 0 aliphatic rings. The first-order valence-electron chi connectivity index (χ1n) is 6.38. The summed E-state index contributed by atoms with van der Waals surface area (Å²) in [6.07, 6.45) is 0. The van der Waals surface area contributed by atoms with E-state index in [1.807, 2.05) is 5.32 Å². The first-order valence-corrected chi connectivity index (χ1v) is 6.76. The van der Waals surface area contributed by atoms with Crippen LogP contribution in [0.25, 0.3) is 0 Å². The van der Waals surface area contributed by atoms with Gasteiger partial charge in [-0.2, -0.15) is 0 Å². The maximum Gasteiger partial charge on any atom is 0.342 e. The van der Waals surface area contributed by atoms with Gasteiger partial charge in [-0.1, -0.05) is 11.6 Å². The molecule has 0 unspecified atom stereocenters. The van der Waals surface area contributed by atoms with Crippen LogP contribution in [0.4, 0.5) is 18.9 Å². The van der Waals surface area contributed by atoms with E-state index in [0.717, 1.165) is 18.2 Å². The molecule has 0 aromatic heterocycles. The summed E-state index contributed by atoms with van der Waals surface area (Å²) in [6, 6.07) is 5.08. The lowest BCUT2D eigenvalue weighted by atomic mass is 10.2. The third kappa shape index (κ3) is 3.96. The fourth-order valence-corrected chi connectivity index (χ4v) is 1.86. The van der Waals surface area contributed by atoms with Gasteiger partial charge >= 0.3 is 5.97 Å². The zero-order chi connectivity index (χ0) is 17.9. The van der Waals surface area contributed by atoms with Crippen LogP contribution in [0.15, 0.2) is 30.3 Å². The predicted molar refractivity (Wildman–Crippen MR) is 78.3 cm³/mol. The number of amides is 1. The minimum Gasteiger partial charge on any atom is -0.507 e. The summed E-state index contributed by atoms with van der Waals surface area (Å²) in [5, 5.41) is 11.6. The van der Waals surface area contributed by atoms with Crippen molar-refractivity contribution in [3.8, 4) is 5.75 Å². The molecule has 24 heavy (non-hydrogen) atoms. The van der Waals surface area contributed by atoms with Gasteiger partial charge in [0.15, 0.2) is 24.1 Å². The number of phenols is 1. The molecule has 0 radical (unpaired) electrons. The molecular formula is C15H9ClF3NO4. The summed E-state index contributed by atoms with van der Waals surface area (Å²) in [6.45, 7) is -0.844. The molecule has 0 heterocycles. The van der Waals surface area contributed by atoms with Gasteiger partial charge in [0.05, 0.1) is 5.69 Å². The van der Waals surface area contributed by atoms with E-state index >= 15 is 0 Å². The van der Waals surface area contributed by atoms with Crippen LogP contribution in [-0.4, -0.2) is 23.6 Å². The van der Waals surface area contributed by atoms with Crippen molar-refractivity contribution in [3.63, 3.8) is 0 Å². The lowest BCUT2D eigenvalue weighted by molar-refractivity contribution is -0.119. The highest BCUT2D eigenvalue weighted by Gasteiger charge is 2.18. The number of rotatable bonds is 4. The molecule has 5 nitrogen and oxygen atoms in total. The molecule has 0 aliphatic carbocycles. The molecule has 2 aromatic rings. The van der Waals surface area contributed by atoms with Crippen molar-refractivity contribution in [2.45, 2.75) is 0 Å². The van der Waals surface area contributed by atoms with Crippen LogP contribution in [-0.2, 0) is 9.53 Å². The minimum atomic E-state index is -1.74. The van der Waals surface area contributed by atoms with Gasteiger partial charge in [-0.15, -0.1) is 0 Å². The molecule has 9 heteroatoms. The summed E-state index contributed by atoms with van der Waals surface area (Å²) in [5.41, 5.74) is -0.880. The van der Waals surface area contributed by atoms with Gasteiger partial charge < -0.3 is 15.2 Å². The number of ether oxygens (including phenoxy) is 1. The first-order chi connectivity index (χ1) is 11.3. The molecule has 0 aliphatic heterocycles. The van der Waals surface area contributed by atoms with Crippen LogP contribution in [0.3, 0.4) is 0 Å². The van der Waals surface area contributed by atoms with Crippen molar-refractivity contribution in [3.05, 3.63) is 58.4 Å². The van der Waals surface area contributed by atoms with Crippen molar-refractivity contribution in [2.75, 3.05) is 11.9 Å². The van der Waals surface area contributed by atoms with Crippen molar-refractivity contribution >= 4 is 29.2 Å². The van der Waals surface area contributed by atoms with E-state index in [1.54, 1.807) is 0 Å². The lowest BCUT2D eigenvalue weighted by Crippen LogP contribution is -2.21. The number of aromatic hydroxyl groups is 1. The molecule has 0 atom stereocenters. The van der Waals surface area contributed by atoms with Gasteiger partial charge in [0.25, 0.3) is 5.91 Å². The Labute approximate surface area is 138 Å². The zero-order valence-electron chi connectivity index (χ0n) is 11.8. The van der Waals surface area contributed by atoms with E-state index < -0.39 is 47.4 Å². The van der Waals surface area contributed by atoms with E-state index in [1.165, 1.54) is 6.07 Å². The molecule has 0 saturated carbocycles. The second-order valence-electron chi connectivity index (χ2n) is 4.51. The SMILES string of the molecule is O=C(COC(=O)c1cc(Cl)ccc1O)Nc1ccc(F)c(F)c1F. The highest BCUT2D eigenvalue weighted by Crippen LogP contribution is 2.22. The van der Waals surface area contributed by atoms with Gasteiger partial charge in [-0.25, -0.2) is 18.0 Å². The number of esters is 1. The average molecular weight is 360 g/mol. The zero-order valence-corrected chi connectivity index (χ0v) is 12.5. The Morgan fingerprint density at radius 1 is 1.12 bits per heavy atom. The Hall–Kier alpha value is -2.74. The van der Waals surface area contributed by atoms with E-state index in [-0.39, 0.29) is 10.6 Å². The number of carbonyl (C=O) groups is 2. The Kier molecular flexibility index (Phi) is 5.30. The monoisotopic (exact) mass is 359 g/mol. The molecule has 0 fully saturated rings. The van der Waals surface area contributed by atoms with E-state index in [4.69, 9.17) is 11.6 Å². The van der Waals surface area contributed by atoms with Crippen molar-refractivity contribution < 1.29 is 32.6 Å². The molecule has 1 amide bonds. The Balaban J connectivity index is 2.00. The van der Waals surface area contributed by atoms with Crippen LogP contribution < -0.4 is 5.32 Å². The highest BCUT2D eigenvalue weighted by atomic mass is 35.5. The van der Waals surface area contributed by atoms with Gasteiger partial charge in [0.2, 0.25) is 0 Å². The third-order valence-electron chi connectivity index (χ3n) is 2.82. The number of carbonyl (C=O) groups excluding carboxylic acids is 2. The molecule has 0 saturated heterocycles. The average Bonchev–Trinajstić information content (AvgIpc) is 2.55. The normalized spacial score (nSPS) is 10.3. The second-order valence-corrected chi connectivity index (χ2v) is 4.95. The van der Waals surface area contributed by atoms with Crippen molar-refractivity contribution in [1.82, 2.24) is 0 Å². The summed E-state index contributed by atoms with van der Waals surface area (Å²) >= 11 is 5.67. The Morgan fingerprint density at radius 3 is 2.54 bits per heavy atom. The number of nitrogens with one attached hydrogen (secondary N) is 1. The van der Waals surface area contributed by atoms with Gasteiger partial charge in [-0.05, 0) is 30.3 Å². The molecule has 126 valence electrons. The molecule has 2 N–H and O–H groups in total. The minimum absolute atomic E-state index is 0.160. The summed E-state index contributed by atoms with van der Waals surface area (Å²) in [7, 11) is 0. The number of phenolic OH excluding ortho intramolecular Hbond substituents is 1. The quantitative estimate of drug-likeness (QED) is 0.649. The molecule has 0 bridgehead atoms. The number of hydrogen-bond acceptors (Lipinski definition) is 4. The van der Waals surface area contributed by atoms with Crippen LogP contribution in [0.5, 0.6) is 5.75 Å². The van der Waals surface area contributed by atoms with Crippen LogP contribution >= 0.6 is 11.6 Å². The van der Waals surface area contributed by atoms with Crippen LogP contribution in [0.2, 0.25) is 5.02 Å². The van der Waals surface area contributed by atoms with Crippen molar-refractivity contribution in [1.29, 1.82) is 0 Å². The standard InChI is InChI=1S/C15H9ClF3NO4/c16-7-1-4-11(21)8(5-7)15(23)24-6-12(22)20-10-3-2-9(17)13(18)14(10)19/h1-5,21H,6H2,(H,20,22). The number of benzene rings is 2. The highest BCUT2D eigenvalue weighted by molar-refractivity contribution is 6.31. The fraction of sp³-hybridized carbons (Fsp3) is 0.0667. The number of hydrogen-bond donors (Lipinski definition) is 2. The molecular weight excluding hydrogens is 351 g/mol. The van der Waals surface area contributed by atoms with Crippen LogP contribution in [0, 0.1) is 17.5 Å². The van der Waals surface area contributed by atoms with Gasteiger partial charge in [0, 0.05) is 5.02 Å². The number of anilines is 1. The maximum absolute atomic E-state index is 13.4. The lowest BCUT2D eigenvalue weighted by Gasteiger charge is -2.09. The van der Waals surface area contributed by atoms with Gasteiger partial charge in [-0.3, -0.25) is 4.79 Å². The molecule has 2 rings (SSSR count).